The molecule has 116 valence electrons. The number of amides is 1. The Kier molecular flexibility index (Phi) is 5.88. The Labute approximate surface area is 131 Å². The van der Waals surface area contributed by atoms with Crippen LogP contribution in [-0.4, -0.2) is 43.1 Å². The zero-order valence-electron chi connectivity index (χ0n) is 12.7. The van der Waals surface area contributed by atoms with Crippen LogP contribution in [0.1, 0.15) is 25.3 Å². The molecule has 2 rings (SSSR count). The lowest BCUT2D eigenvalue weighted by molar-refractivity contribution is -0.123. The Balaban J connectivity index is 1.74. The second-order valence-corrected chi connectivity index (χ2v) is 5.86. The van der Waals surface area contributed by atoms with E-state index in [0.29, 0.717) is 23.4 Å². The number of nitrogens with one attached hydrogen (secondary N) is 1. The summed E-state index contributed by atoms with van der Waals surface area (Å²) in [7, 11) is 0. The van der Waals surface area contributed by atoms with E-state index in [4.69, 9.17) is 16.3 Å². The quantitative estimate of drug-likeness (QED) is 0.878. The maximum absolute atomic E-state index is 11.9. The Hall–Kier alpha value is -1.26. The summed E-state index contributed by atoms with van der Waals surface area (Å²) in [5.41, 5.74) is 0.934. The van der Waals surface area contributed by atoms with Gasteiger partial charge in [0.15, 0.2) is 6.61 Å². The highest BCUT2D eigenvalue weighted by molar-refractivity contribution is 6.30. The molecule has 0 spiro atoms. The summed E-state index contributed by atoms with van der Waals surface area (Å²) < 4.78 is 5.54. The molecule has 1 amide bonds. The molecule has 1 aliphatic rings. The third kappa shape index (κ3) is 4.61. The van der Waals surface area contributed by atoms with Crippen LogP contribution in [-0.2, 0) is 4.79 Å². The number of halogens is 1. The molecule has 1 atom stereocenters. The molecule has 0 aliphatic carbocycles. The van der Waals surface area contributed by atoms with Crippen LogP contribution in [0, 0.1) is 6.92 Å². The Morgan fingerprint density at radius 1 is 1.52 bits per heavy atom. The first-order chi connectivity index (χ1) is 10.1. The highest BCUT2D eigenvalue weighted by Gasteiger charge is 2.23. The van der Waals surface area contributed by atoms with Crippen molar-refractivity contribution in [3.8, 4) is 5.75 Å². The number of hydrogen-bond acceptors (Lipinski definition) is 3. The monoisotopic (exact) mass is 310 g/mol. The van der Waals surface area contributed by atoms with Gasteiger partial charge in [0.2, 0.25) is 0 Å². The number of aryl methyl sites for hydroxylation is 1. The van der Waals surface area contributed by atoms with Gasteiger partial charge in [-0.15, -0.1) is 0 Å². The molecule has 0 radical (unpaired) electrons. The molecule has 21 heavy (non-hydrogen) atoms. The van der Waals surface area contributed by atoms with E-state index in [0.717, 1.165) is 25.1 Å². The fourth-order valence-electron chi connectivity index (χ4n) is 2.74. The maximum Gasteiger partial charge on any atom is 0.257 e. The van der Waals surface area contributed by atoms with Gasteiger partial charge < -0.3 is 10.1 Å². The summed E-state index contributed by atoms with van der Waals surface area (Å²) in [5.74, 6) is 0.623. The molecular weight excluding hydrogens is 288 g/mol. The molecule has 1 aromatic carbocycles. The van der Waals surface area contributed by atoms with Gasteiger partial charge in [-0.3, -0.25) is 9.69 Å². The number of carbonyl (C=O) groups excluding carboxylic acids is 1. The van der Waals surface area contributed by atoms with E-state index in [1.54, 1.807) is 12.1 Å². The Bertz CT molecular complexity index is 493. The van der Waals surface area contributed by atoms with E-state index in [-0.39, 0.29) is 12.5 Å². The first-order valence-corrected chi connectivity index (χ1v) is 7.87. The zero-order valence-corrected chi connectivity index (χ0v) is 13.4. The number of rotatable bonds is 6. The van der Waals surface area contributed by atoms with Gasteiger partial charge in [0, 0.05) is 17.6 Å². The summed E-state index contributed by atoms with van der Waals surface area (Å²) in [6, 6.07) is 5.85. The van der Waals surface area contributed by atoms with Gasteiger partial charge in [-0.25, -0.2) is 0 Å². The number of carbonyl (C=O) groups is 1. The first kappa shape index (κ1) is 16.1. The van der Waals surface area contributed by atoms with Crippen molar-refractivity contribution in [3.05, 3.63) is 28.8 Å². The largest absolute Gasteiger partial charge is 0.484 e. The van der Waals surface area contributed by atoms with Crippen molar-refractivity contribution in [2.45, 2.75) is 32.7 Å². The standard InChI is InChI=1S/C16H23ClN2O2/c1-3-19-8-4-5-14(19)10-18-16(20)11-21-15-7-6-13(17)9-12(15)2/h6-7,9,14H,3-5,8,10-11H2,1-2H3,(H,18,20)/t14-/m0/s1. The molecule has 1 heterocycles. The lowest BCUT2D eigenvalue weighted by atomic mass is 10.2. The third-order valence-corrected chi connectivity index (χ3v) is 4.17. The van der Waals surface area contributed by atoms with Gasteiger partial charge in [-0.1, -0.05) is 18.5 Å². The highest BCUT2D eigenvalue weighted by Crippen LogP contribution is 2.21. The molecule has 1 aromatic rings. The average molecular weight is 311 g/mol. The van der Waals surface area contributed by atoms with Crippen LogP contribution in [0.3, 0.4) is 0 Å². The normalized spacial score (nSPS) is 18.7. The van der Waals surface area contributed by atoms with Crippen molar-refractivity contribution in [1.29, 1.82) is 0 Å². The number of likely N-dealkylation sites (N-methyl/N-ethyl adjacent to an activating group) is 1. The van der Waals surface area contributed by atoms with Crippen LogP contribution in [0.15, 0.2) is 18.2 Å². The van der Waals surface area contributed by atoms with E-state index < -0.39 is 0 Å². The predicted molar refractivity (Wildman–Crippen MR) is 85.0 cm³/mol. The summed E-state index contributed by atoms with van der Waals surface area (Å²) in [6.45, 7) is 7.00. The van der Waals surface area contributed by atoms with Gasteiger partial charge in [0.05, 0.1) is 0 Å². The van der Waals surface area contributed by atoms with Crippen molar-refractivity contribution >= 4 is 17.5 Å². The zero-order chi connectivity index (χ0) is 15.2. The van der Waals surface area contributed by atoms with Crippen molar-refractivity contribution in [2.75, 3.05) is 26.2 Å². The van der Waals surface area contributed by atoms with Gasteiger partial charge >= 0.3 is 0 Å². The number of likely N-dealkylation sites (tertiary alicyclic amines) is 1. The maximum atomic E-state index is 11.9. The molecule has 1 N–H and O–H groups in total. The number of benzene rings is 1. The van der Waals surface area contributed by atoms with E-state index in [9.17, 15) is 4.79 Å². The van der Waals surface area contributed by atoms with Gasteiger partial charge in [-0.2, -0.15) is 0 Å². The minimum absolute atomic E-state index is 0.0430. The molecule has 1 saturated heterocycles. The molecule has 0 aromatic heterocycles. The van der Waals surface area contributed by atoms with Gasteiger partial charge in [0.1, 0.15) is 5.75 Å². The number of hydrogen-bond donors (Lipinski definition) is 1. The van der Waals surface area contributed by atoms with Gasteiger partial charge in [-0.05, 0) is 56.6 Å². The molecule has 0 unspecified atom stereocenters. The Morgan fingerprint density at radius 2 is 2.33 bits per heavy atom. The summed E-state index contributed by atoms with van der Waals surface area (Å²) >= 11 is 5.89. The lowest BCUT2D eigenvalue weighted by Crippen LogP contribution is -2.41. The number of nitrogens with zero attached hydrogens (tertiary/aromatic N) is 1. The van der Waals surface area contributed by atoms with Crippen LogP contribution in [0.5, 0.6) is 5.75 Å². The van der Waals surface area contributed by atoms with Crippen LogP contribution in [0.4, 0.5) is 0 Å². The second-order valence-electron chi connectivity index (χ2n) is 5.43. The second kappa shape index (κ2) is 7.66. The summed E-state index contributed by atoms with van der Waals surface area (Å²) in [5, 5.41) is 3.63. The van der Waals surface area contributed by atoms with E-state index in [1.165, 1.54) is 6.42 Å². The van der Waals surface area contributed by atoms with E-state index in [2.05, 4.69) is 17.1 Å². The van der Waals surface area contributed by atoms with Crippen LogP contribution >= 0.6 is 11.6 Å². The van der Waals surface area contributed by atoms with Crippen molar-refractivity contribution in [2.24, 2.45) is 0 Å². The molecule has 1 fully saturated rings. The van der Waals surface area contributed by atoms with Crippen molar-refractivity contribution in [3.63, 3.8) is 0 Å². The summed E-state index contributed by atoms with van der Waals surface area (Å²) in [4.78, 5) is 14.3. The number of ether oxygens (including phenoxy) is 1. The molecule has 1 aliphatic heterocycles. The summed E-state index contributed by atoms with van der Waals surface area (Å²) in [6.07, 6.45) is 2.38. The fraction of sp³-hybridized carbons (Fsp3) is 0.562. The van der Waals surface area contributed by atoms with Crippen molar-refractivity contribution in [1.82, 2.24) is 10.2 Å². The average Bonchev–Trinajstić information content (AvgIpc) is 2.91. The first-order valence-electron chi connectivity index (χ1n) is 7.50. The lowest BCUT2D eigenvalue weighted by Gasteiger charge is -2.22. The smallest absolute Gasteiger partial charge is 0.257 e. The SMILES string of the molecule is CCN1CCC[C@H]1CNC(=O)COc1ccc(Cl)cc1C. The molecule has 0 saturated carbocycles. The minimum atomic E-state index is -0.0766. The van der Waals surface area contributed by atoms with E-state index >= 15 is 0 Å². The van der Waals surface area contributed by atoms with Crippen LogP contribution in [0.2, 0.25) is 5.02 Å². The predicted octanol–water partition coefficient (Wildman–Crippen LogP) is 2.63. The molecular formula is C16H23ClN2O2. The van der Waals surface area contributed by atoms with E-state index in [1.807, 2.05) is 13.0 Å². The minimum Gasteiger partial charge on any atom is -0.484 e. The van der Waals surface area contributed by atoms with Crippen LogP contribution in [0.25, 0.3) is 0 Å². The Morgan fingerprint density at radius 3 is 3.05 bits per heavy atom. The molecule has 5 heteroatoms. The van der Waals surface area contributed by atoms with Gasteiger partial charge in [0.25, 0.3) is 5.91 Å². The van der Waals surface area contributed by atoms with Crippen LogP contribution < -0.4 is 10.1 Å². The third-order valence-electron chi connectivity index (χ3n) is 3.94. The van der Waals surface area contributed by atoms with Crippen molar-refractivity contribution < 1.29 is 9.53 Å². The fourth-order valence-corrected chi connectivity index (χ4v) is 2.97. The topological polar surface area (TPSA) is 41.6 Å². The highest BCUT2D eigenvalue weighted by atomic mass is 35.5. The molecule has 0 bridgehead atoms. The molecule has 4 nitrogen and oxygen atoms in total.